The second-order valence-corrected chi connectivity index (χ2v) is 22.1. The Bertz CT molecular complexity index is 1470. The normalized spacial score (nSPS) is 14.6. The molecule has 0 aromatic carbocycles. The maximum Gasteiger partial charge on any atom is 0.472 e. The number of nitrogens with one attached hydrogen (secondary N) is 1. The summed E-state index contributed by atoms with van der Waals surface area (Å²) in [6.07, 6.45) is 75.1. The van der Waals surface area contributed by atoms with Gasteiger partial charge in [-0.2, -0.15) is 0 Å². The van der Waals surface area contributed by atoms with E-state index >= 15 is 0 Å². The first-order valence-corrected chi connectivity index (χ1v) is 30.6. The van der Waals surface area contributed by atoms with Crippen LogP contribution >= 0.6 is 7.82 Å². The Hall–Kier alpha value is -2.58. The van der Waals surface area contributed by atoms with Gasteiger partial charge in [-0.3, -0.25) is 13.8 Å². The quantitative estimate of drug-likeness (QED) is 0.0243. The molecule has 0 radical (unpaired) electrons. The highest BCUT2D eigenvalue weighted by atomic mass is 31.2. The van der Waals surface area contributed by atoms with E-state index in [1.807, 2.05) is 27.2 Å². The zero-order valence-electron chi connectivity index (χ0n) is 46.7. The molecule has 71 heavy (non-hydrogen) atoms. The Morgan fingerprint density at radius 1 is 0.493 bits per heavy atom. The van der Waals surface area contributed by atoms with Crippen LogP contribution in [0.1, 0.15) is 239 Å². The van der Waals surface area contributed by atoms with E-state index in [4.69, 9.17) is 9.05 Å². The number of phosphoric acid groups is 1. The van der Waals surface area contributed by atoms with E-state index in [1.165, 1.54) is 141 Å². The fraction of sp³-hybridized carbons (Fsp3) is 0.726. The number of nitrogens with zero attached hydrogens (tertiary/aromatic N) is 1. The van der Waals surface area contributed by atoms with Gasteiger partial charge in [-0.15, -0.1) is 0 Å². The van der Waals surface area contributed by atoms with Gasteiger partial charge < -0.3 is 19.8 Å². The van der Waals surface area contributed by atoms with Gasteiger partial charge >= 0.3 is 7.82 Å². The van der Waals surface area contributed by atoms with Gasteiger partial charge in [-0.25, -0.2) is 4.57 Å². The first-order valence-electron chi connectivity index (χ1n) is 29.1. The fourth-order valence-electron chi connectivity index (χ4n) is 8.00. The summed E-state index contributed by atoms with van der Waals surface area (Å²) in [5.74, 6) is -0.190. The number of carbonyl (C=O) groups excluding carboxylic acids is 1. The lowest BCUT2D eigenvalue weighted by Crippen LogP contribution is -2.45. The van der Waals surface area contributed by atoms with E-state index in [0.717, 1.165) is 77.0 Å². The molecule has 0 saturated heterocycles. The summed E-state index contributed by atoms with van der Waals surface area (Å²) in [6.45, 7) is 4.68. The molecule has 1 amide bonds. The Balaban J connectivity index is 4.15. The smallest absolute Gasteiger partial charge is 0.387 e. The number of aliphatic hydroxyl groups is 1. The summed E-state index contributed by atoms with van der Waals surface area (Å²) in [4.78, 5) is 23.3. The van der Waals surface area contributed by atoms with Gasteiger partial charge in [0.05, 0.1) is 39.9 Å². The molecule has 0 aliphatic heterocycles. The second kappa shape index (κ2) is 52.3. The third-order valence-electron chi connectivity index (χ3n) is 12.5. The number of phosphoric ester groups is 1. The van der Waals surface area contributed by atoms with E-state index in [0.29, 0.717) is 17.4 Å². The summed E-state index contributed by atoms with van der Waals surface area (Å²) in [5.41, 5.74) is 0. The molecular weight excluding hydrogens is 900 g/mol. The summed E-state index contributed by atoms with van der Waals surface area (Å²) >= 11 is 0. The van der Waals surface area contributed by atoms with E-state index in [9.17, 15) is 19.4 Å². The third-order valence-corrected chi connectivity index (χ3v) is 13.5. The Morgan fingerprint density at radius 2 is 0.859 bits per heavy atom. The van der Waals surface area contributed by atoms with Gasteiger partial charge in [0.2, 0.25) is 5.91 Å². The Kier molecular flexibility index (Phi) is 50.4. The third kappa shape index (κ3) is 55.0. The van der Waals surface area contributed by atoms with Crippen LogP contribution in [-0.2, 0) is 18.4 Å². The molecule has 0 aromatic rings. The maximum atomic E-state index is 13.0. The number of allylic oxidation sites excluding steroid dienone is 15. The Labute approximate surface area is 439 Å². The van der Waals surface area contributed by atoms with Crippen molar-refractivity contribution in [3.05, 3.63) is 97.2 Å². The molecular formula is C62H112N2O6P+. The number of rotatable bonds is 52. The molecule has 3 atom stereocenters. The zero-order valence-corrected chi connectivity index (χ0v) is 47.6. The molecule has 9 heteroatoms. The molecule has 0 rings (SSSR count). The predicted octanol–water partition coefficient (Wildman–Crippen LogP) is 17.8. The van der Waals surface area contributed by atoms with Crippen LogP contribution in [0.15, 0.2) is 97.2 Å². The standard InChI is InChI=1S/C62H111N2O6P/c1-6-8-10-12-14-16-18-20-22-24-25-26-27-28-29-30-31-32-33-34-35-36-37-38-39-40-42-44-46-48-50-52-54-56-62(66)63-60(59-70-71(67,68)69-58-57-64(3,4)5)61(65)55-53-51-49-47-45-43-41-23-21-19-17-15-13-11-9-7-2/h8,10,14,16,20,22,25-26,28-29,31-32,45,47,53,55,60-61,65H,6-7,9,11-13,15,17-19,21,23-24,27,30,33-44,46,48-52,54,56-59H2,1-5H3,(H-,63,66,67,68)/p+1/b10-8-,16-14-,22-20-,26-25-,29-28-,32-31-,47-45+,55-53+. The van der Waals surface area contributed by atoms with E-state index in [2.05, 4.69) is 104 Å². The number of quaternary nitrogens is 1. The topological polar surface area (TPSA) is 105 Å². The number of carbonyl (C=O) groups is 1. The number of hydrogen-bond acceptors (Lipinski definition) is 5. The van der Waals surface area contributed by atoms with Crippen LogP contribution < -0.4 is 5.32 Å². The number of aliphatic hydroxyl groups excluding tert-OH is 1. The fourth-order valence-corrected chi connectivity index (χ4v) is 8.74. The van der Waals surface area contributed by atoms with Crippen LogP contribution in [0.5, 0.6) is 0 Å². The van der Waals surface area contributed by atoms with Crippen LogP contribution in [0.4, 0.5) is 0 Å². The van der Waals surface area contributed by atoms with Crippen molar-refractivity contribution in [1.82, 2.24) is 5.32 Å². The summed E-state index contributed by atoms with van der Waals surface area (Å²) in [6, 6.07) is -0.868. The summed E-state index contributed by atoms with van der Waals surface area (Å²) in [5, 5.41) is 13.9. The minimum Gasteiger partial charge on any atom is -0.387 e. The van der Waals surface area contributed by atoms with Crippen molar-refractivity contribution in [3.8, 4) is 0 Å². The lowest BCUT2D eigenvalue weighted by molar-refractivity contribution is -0.870. The minimum atomic E-state index is -4.36. The number of amides is 1. The van der Waals surface area contributed by atoms with E-state index in [-0.39, 0.29) is 19.1 Å². The molecule has 0 fully saturated rings. The van der Waals surface area contributed by atoms with Crippen LogP contribution in [0.2, 0.25) is 0 Å². The van der Waals surface area contributed by atoms with Crippen molar-refractivity contribution in [2.75, 3.05) is 40.9 Å². The first-order chi connectivity index (χ1) is 34.5. The average molecular weight is 1010 g/mol. The molecule has 0 spiro atoms. The monoisotopic (exact) mass is 1010 g/mol. The van der Waals surface area contributed by atoms with Gasteiger partial charge in [0.25, 0.3) is 0 Å². The molecule has 0 saturated carbocycles. The highest BCUT2D eigenvalue weighted by molar-refractivity contribution is 7.47. The highest BCUT2D eigenvalue weighted by Crippen LogP contribution is 2.43. The summed E-state index contributed by atoms with van der Waals surface area (Å²) < 4.78 is 23.7. The second-order valence-electron chi connectivity index (χ2n) is 20.6. The van der Waals surface area contributed by atoms with Crippen LogP contribution in [-0.4, -0.2) is 73.4 Å². The molecule has 0 bridgehead atoms. The molecule has 3 unspecified atom stereocenters. The average Bonchev–Trinajstić information content (AvgIpc) is 3.33. The number of likely N-dealkylation sites (N-methyl/N-ethyl adjacent to an activating group) is 1. The van der Waals surface area contributed by atoms with Crippen molar-refractivity contribution >= 4 is 13.7 Å². The highest BCUT2D eigenvalue weighted by Gasteiger charge is 2.27. The van der Waals surface area contributed by atoms with Gasteiger partial charge in [0.1, 0.15) is 13.2 Å². The van der Waals surface area contributed by atoms with Crippen molar-refractivity contribution in [1.29, 1.82) is 0 Å². The maximum absolute atomic E-state index is 13.0. The Morgan fingerprint density at radius 3 is 1.30 bits per heavy atom. The molecule has 0 aromatic heterocycles. The van der Waals surface area contributed by atoms with Gasteiger partial charge in [0.15, 0.2) is 0 Å². The molecule has 0 aliphatic rings. The summed E-state index contributed by atoms with van der Waals surface area (Å²) in [7, 11) is 1.55. The lowest BCUT2D eigenvalue weighted by atomic mass is 10.0. The SMILES string of the molecule is CC/C=C\C/C=C\C/C=C\C/C=C\C/C=C\C/C=C\CCCCCCCCCCCCCCCCC(=O)NC(COP(=O)(O)OCC[N+](C)(C)C)C(O)/C=C/CC/C=C/CCCCCCCCCCCC. The van der Waals surface area contributed by atoms with Crippen molar-refractivity contribution in [2.45, 2.75) is 251 Å². The first kappa shape index (κ1) is 68.4. The van der Waals surface area contributed by atoms with Crippen molar-refractivity contribution < 1.29 is 32.9 Å². The van der Waals surface area contributed by atoms with Crippen molar-refractivity contribution in [3.63, 3.8) is 0 Å². The predicted molar refractivity (Wildman–Crippen MR) is 309 cm³/mol. The van der Waals surface area contributed by atoms with Crippen LogP contribution in [0.25, 0.3) is 0 Å². The zero-order chi connectivity index (χ0) is 52.0. The van der Waals surface area contributed by atoms with Crippen molar-refractivity contribution in [2.24, 2.45) is 0 Å². The lowest BCUT2D eigenvalue weighted by Gasteiger charge is -2.25. The minimum absolute atomic E-state index is 0.0528. The largest absolute Gasteiger partial charge is 0.472 e. The van der Waals surface area contributed by atoms with Crippen LogP contribution in [0.3, 0.4) is 0 Å². The molecule has 8 nitrogen and oxygen atoms in total. The van der Waals surface area contributed by atoms with Crippen LogP contribution in [0, 0.1) is 0 Å². The molecule has 0 aliphatic carbocycles. The van der Waals surface area contributed by atoms with E-state index in [1.54, 1.807) is 6.08 Å². The molecule has 0 heterocycles. The van der Waals surface area contributed by atoms with Gasteiger partial charge in [-0.1, -0.05) is 246 Å². The number of unbranched alkanes of at least 4 members (excludes halogenated alkanes) is 25. The van der Waals surface area contributed by atoms with Gasteiger partial charge in [0, 0.05) is 6.42 Å². The van der Waals surface area contributed by atoms with Gasteiger partial charge in [-0.05, 0) is 83.5 Å². The molecule has 3 N–H and O–H groups in total. The number of hydrogen-bond donors (Lipinski definition) is 3. The van der Waals surface area contributed by atoms with E-state index < -0.39 is 20.0 Å². The molecule has 410 valence electrons.